The smallest absolute Gasteiger partial charge is 0.406 e. The third kappa shape index (κ3) is 4.97. The Hall–Kier alpha value is -0.760. The lowest BCUT2D eigenvalue weighted by atomic mass is 10.2. The molecule has 1 rings (SSSR count). The second kappa shape index (κ2) is 5.55. The summed E-state index contributed by atoms with van der Waals surface area (Å²) < 4.78 is 40.4. The van der Waals surface area contributed by atoms with Crippen molar-refractivity contribution in [3.05, 3.63) is 24.3 Å². The maximum atomic E-state index is 12.2. The zero-order chi connectivity index (χ0) is 15.8. The first-order valence-corrected chi connectivity index (χ1v) is 7.81. The number of ether oxygens (including phenoxy) is 1. The van der Waals surface area contributed by atoms with Crippen molar-refractivity contribution in [2.75, 3.05) is 0 Å². The summed E-state index contributed by atoms with van der Waals surface area (Å²) >= 11 is 0. The van der Waals surface area contributed by atoms with Crippen LogP contribution >= 0.6 is 7.92 Å². The van der Waals surface area contributed by atoms with Gasteiger partial charge in [-0.2, -0.15) is 0 Å². The lowest BCUT2D eigenvalue weighted by Crippen LogP contribution is -2.31. The molecule has 0 aromatic heterocycles. The number of alkyl halides is 3. The lowest BCUT2D eigenvalue weighted by molar-refractivity contribution is -0.274. The molecule has 0 saturated heterocycles. The molecule has 1 aromatic carbocycles. The summed E-state index contributed by atoms with van der Waals surface area (Å²) in [7, 11) is -0.520. The molecule has 1 nitrogen and oxygen atoms in total. The second-order valence-corrected chi connectivity index (χ2v) is 10.6. The molecule has 0 saturated carbocycles. The van der Waals surface area contributed by atoms with E-state index in [1.165, 1.54) is 12.1 Å². The Morgan fingerprint density at radius 2 is 1.20 bits per heavy atom. The van der Waals surface area contributed by atoms with Crippen molar-refractivity contribution < 1.29 is 17.9 Å². The monoisotopic (exact) mass is 306 g/mol. The first-order chi connectivity index (χ1) is 8.81. The quantitative estimate of drug-likeness (QED) is 0.675. The van der Waals surface area contributed by atoms with Crippen LogP contribution in [0.4, 0.5) is 13.2 Å². The molecule has 5 heteroatoms. The third-order valence-electron chi connectivity index (χ3n) is 2.67. The predicted molar refractivity (Wildman–Crippen MR) is 79.2 cm³/mol. The summed E-state index contributed by atoms with van der Waals surface area (Å²) in [5.74, 6) is -0.168. The average Bonchev–Trinajstić information content (AvgIpc) is 2.14. The van der Waals surface area contributed by atoms with Crippen LogP contribution in [0.15, 0.2) is 24.3 Å². The molecule has 0 N–H and O–H groups in total. The van der Waals surface area contributed by atoms with Crippen LogP contribution < -0.4 is 10.0 Å². The van der Waals surface area contributed by atoms with E-state index in [0.29, 0.717) is 0 Å². The van der Waals surface area contributed by atoms with E-state index in [9.17, 15) is 13.2 Å². The van der Waals surface area contributed by atoms with Crippen molar-refractivity contribution in [2.45, 2.75) is 58.2 Å². The van der Waals surface area contributed by atoms with E-state index in [-0.39, 0.29) is 16.1 Å². The summed E-state index contributed by atoms with van der Waals surface area (Å²) in [5.41, 5.74) is 0. The van der Waals surface area contributed by atoms with Gasteiger partial charge in [0.1, 0.15) is 5.75 Å². The van der Waals surface area contributed by atoms with Crippen molar-refractivity contribution in [1.82, 2.24) is 0 Å². The average molecular weight is 306 g/mol. The van der Waals surface area contributed by atoms with Crippen LogP contribution in [0.25, 0.3) is 0 Å². The molecule has 0 aliphatic carbocycles. The lowest BCUT2D eigenvalue weighted by Gasteiger charge is -2.41. The highest BCUT2D eigenvalue weighted by molar-refractivity contribution is 7.68. The van der Waals surface area contributed by atoms with Gasteiger partial charge in [0.15, 0.2) is 0 Å². The number of benzene rings is 1. The standard InChI is InChI=1S/C15H22F3OP/c1-13(2,3)20(14(4,5)6)12-9-7-11(8-10-12)19-15(16,17)18/h7-10H,1-6H3. The topological polar surface area (TPSA) is 9.23 Å². The molecule has 0 aliphatic rings. The van der Waals surface area contributed by atoms with Gasteiger partial charge < -0.3 is 4.74 Å². The van der Waals surface area contributed by atoms with Gasteiger partial charge in [0, 0.05) is 0 Å². The van der Waals surface area contributed by atoms with Crippen LogP contribution in [0.3, 0.4) is 0 Å². The van der Waals surface area contributed by atoms with Crippen molar-refractivity contribution in [2.24, 2.45) is 0 Å². The van der Waals surface area contributed by atoms with Gasteiger partial charge in [0.25, 0.3) is 0 Å². The largest absolute Gasteiger partial charge is 0.573 e. The summed E-state index contributed by atoms with van der Waals surface area (Å²) in [6, 6.07) is 6.30. The first kappa shape index (κ1) is 17.3. The van der Waals surface area contributed by atoms with Gasteiger partial charge in [0.2, 0.25) is 0 Å². The van der Waals surface area contributed by atoms with E-state index in [1.807, 2.05) is 0 Å². The Bertz CT molecular complexity index is 424. The molecule has 0 fully saturated rings. The highest BCUT2D eigenvalue weighted by Crippen LogP contribution is 2.58. The second-order valence-electron chi connectivity index (χ2n) is 6.72. The van der Waals surface area contributed by atoms with Crippen LogP contribution in [0.5, 0.6) is 5.75 Å². The fourth-order valence-electron chi connectivity index (χ4n) is 2.58. The maximum Gasteiger partial charge on any atom is 0.573 e. The highest BCUT2D eigenvalue weighted by atomic mass is 31.1. The van der Waals surface area contributed by atoms with Crippen LogP contribution in [0.2, 0.25) is 0 Å². The predicted octanol–water partition coefficient (Wildman–Crippen LogP) is 5.29. The molecule has 0 radical (unpaired) electrons. The van der Waals surface area contributed by atoms with Crippen molar-refractivity contribution >= 4 is 13.2 Å². The van der Waals surface area contributed by atoms with Crippen LogP contribution in [0, 0.1) is 0 Å². The highest BCUT2D eigenvalue weighted by Gasteiger charge is 2.36. The van der Waals surface area contributed by atoms with Gasteiger partial charge in [-0.25, -0.2) is 0 Å². The van der Waals surface area contributed by atoms with Gasteiger partial charge in [-0.3, -0.25) is 0 Å². The maximum absolute atomic E-state index is 12.2. The van der Waals surface area contributed by atoms with E-state index in [0.717, 1.165) is 5.30 Å². The van der Waals surface area contributed by atoms with Crippen LogP contribution in [-0.4, -0.2) is 16.7 Å². The Morgan fingerprint density at radius 3 is 1.50 bits per heavy atom. The molecule has 0 aliphatic heterocycles. The fraction of sp³-hybridized carbons (Fsp3) is 0.600. The van der Waals surface area contributed by atoms with Gasteiger partial charge >= 0.3 is 6.36 Å². The summed E-state index contributed by atoms with van der Waals surface area (Å²) in [5, 5.41) is 1.26. The Kier molecular flexibility index (Phi) is 4.80. The number of halogens is 3. The zero-order valence-electron chi connectivity index (χ0n) is 12.8. The number of hydrogen-bond donors (Lipinski definition) is 0. The summed E-state index contributed by atoms with van der Waals surface area (Å²) in [6.45, 7) is 13.0. The van der Waals surface area contributed by atoms with Gasteiger partial charge in [-0.15, -0.1) is 13.2 Å². The molecular formula is C15H22F3OP. The molecule has 0 heterocycles. The van der Waals surface area contributed by atoms with Crippen LogP contribution in [-0.2, 0) is 0 Å². The van der Waals surface area contributed by atoms with Gasteiger partial charge in [-0.1, -0.05) is 61.6 Å². The van der Waals surface area contributed by atoms with Crippen molar-refractivity contribution in [1.29, 1.82) is 0 Å². The normalized spacial score (nSPS) is 13.7. The number of hydrogen-bond acceptors (Lipinski definition) is 1. The van der Waals surface area contributed by atoms with Gasteiger partial charge in [0.05, 0.1) is 0 Å². The zero-order valence-corrected chi connectivity index (χ0v) is 13.7. The van der Waals surface area contributed by atoms with E-state index in [4.69, 9.17) is 0 Å². The minimum Gasteiger partial charge on any atom is -0.406 e. The minimum absolute atomic E-state index is 0.0833. The Labute approximate surface area is 120 Å². The molecule has 0 atom stereocenters. The van der Waals surface area contributed by atoms with Gasteiger partial charge in [-0.05, 0) is 27.7 Å². The molecule has 1 aromatic rings. The van der Waals surface area contributed by atoms with E-state index in [1.54, 1.807) is 12.1 Å². The van der Waals surface area contributed by atoms with E-state index in [2.05, 4.69) is 46.3 Å². The van der Waals surface area contributed by atoms with E-state index >= 15 is 0 Å². The number of rotatable bonds is 2. The molecule has 0 spiro atoms. The fourth-order valence-corrected chi connectivity index (χ4v) is 6.59. The Balaban J connectivity index is 3.07. The Morgan fingerprint density at radius 1 is 0.800 bits per heavy atom. The first-order valence-electron chi connectivity index (χ1n) is 6.47. The molecule has 20 heavy (non-hydrogen) atoms. The third-order valence-corrected chi connectivity index (χ3v) is 6.17. The SMILES string of the molecule is CC(C)(C)P(c1ccc(OC(F)(F)F)cc1)C(C)(C)C. The van der Waals surface area contributed by atoms with Crippen molar-refractivity contribution in [3.8, 4) is 5.75 Å². The molecule has 0 unspecified atom stereocenters. The summed E-state index contributed by atoms with van der Waals surface area (Å²) in [6.07, 6.45) is -4.64. The molecule has 114 valence electrons. The minimum atomic E-state index is -4.64. The van der Waals surface area contributed by atoms with Crippen LogP contribution in [0.1, 0.15) is 41.5 Å². The van der Waals surface area contributed by atoms with Crippen molar-refractivity contribution in [3.63, 3.8) is 0 Å². The molecule has 0 amide bonds. The molecular weight excluding hydrogens is 284 g/mol. The van der Waals surface area contributed by atoms with E-state index < -0.39 is 14.3 Å². The molecule has 0 bridgehead atoms. The summed E-state index contributed by atoms with van der Waals surface area (Å²) in [4.78, 5) is 0.